The lowest BCUT2D eigenvalue weighted by atomic mass is 10.0. The molecule has 2 N–H and O–H groups in total. The number of phenols is 2. The highest BCUT2D eigenvalue weighted by molar-refractivity contribution is 5.97. The zero-order valence-electron chi connectivity index (χ0n) is 14.0. The SMILES string of the molecule is CCC1CCCC(=O)CCC/C=C/c2cc(O)cc(O)c2C(=O)O1. The van der Waals surface area contributed by atoms with Crippen molar-refractivity contribution in [1.82, 2.24) is 0 Å². The first-order chi connectivity index (χ1) is 11.5. The van der Waals surface area contributed by atoms with Crippen molar-refractivity contribution in [2.75, 3.05) is 0 Å². The first kappa shape index (κ1) is 18.0. The number of rotatable bonds is 1. The number of benzene rings is 1. The molecule has 0 saturated carbocycles. The highest BCUT2D eigenvalue weighted by Gasteiger charge is 2.21. The van der Waals surface area contributed by atoms with Crippen LogP contribution in [-0.2, 0) is 9.53 Å². The highest BCUT2D eigenvalue weighted by atomic mass is 16.5. The minimum Gasteiger partial charge on any atom is -0.508 e. The smallest absolute Gasteiger partial charge is 0.342 e. The van der Waals surface area contributed by atoms with Crippen LogP contribution >= 0.6 is 0 Å². The van der Waals surface area contributed by atoms with Crippen LogP contribution in [-0.4, -0.2) is 28.1 Å². The average Bonchev–Trinajstić information content (AvgIpc) is 2.52. The zero-order valence-corrected chi connectivity index (χ0v) is 14.0. The van der Waals surface area contributed by atoms with Crippen molar-refractivity contribution in [3.8, 4) is 11.5 Å². The van der Waals surface area contributed by atoms with Crippen LogP contribution in [0, 0.1) is 0 Å². The number of cyclic esters (lactones) is 1. The predicted octanol–water partition coefficient (Wildman–Crippen LogP) is 3.97. The van der Waals surface area contributed by atoms with Crippen molar-refractivity contribution in [3.63, 3.8) is 0 Å². The van der Waals surface area contributed by atoms with Crippen molar-refractivity contribution >= 4 is 17.8 Å². The van der Waals surface area contributed by atoms with Crippen LogP contribution in [0.4, 0.5) is 0 Å². The van der Waals surface area contributed by atoms with Crippen LogP contribution in [0.5, 0.6) is 11.5 Å². The van der Waals surface area contributed by atoms with E-state index in [-0.39, 0.29) is 28.9 Å². The van der Waals surface area contributed by atoms with E-state index in [2.05, 4.69) is 0 Å². The summed E-state index contributed by atoms with van der Waals surface area (Å²) in [5.41, 5.74) is 0.478. The summed E-state index contributed by atoms with van der Waals surface area (Å²) in [6.07, 6.45) is 7.65. The van der Waals surface area contributed by atoms with E-state index >= 15 is 0 Å². The number of fused-ring (bicyclic) bond motifs is 1. The molecule has 130 valence electrons. The summed E-state index contributed by atoms with van der Waals surface area (Å²) in [4.78, 5) is 24.3. The van der Waals surface area contributed by atoms with E-state index in [1.165, 1.54) is 6.07 Å². The molecule has 0 amide bonds. The maximum atomic E-state index is 12.5. The zero-order chi connectivity index (χ0) is 17.5. The van der Waals surface area contributed by atoms with Crippen LogP contribution in [0.15, 0.2) is 18.2 Å². The maximum absolute atomic E-state index is 12.5. The number of carbonyl (C=O) groups is 2. The molecule has 2 rings (SSSR count). The molecule has 1 aliphatic rings. The van der Waals surface area contributed by atoms with Gasteiger partial charge < -0.3 is 14.9 Å². The number of aromatic hydroxyl groups is 2. The second-order valence-electron chi connectivity index (χ2n) is 6.09. The van der Waals surface area contributed by atoms with Gasteiger partial charge in [-0.25, -0.2) is 4.79 Å². The fourth-order valence-corrected chi connectivity index (χ4v) is 2.82. The molecule has 0 fully saturated rings. The predicted molar refractivity (Wildman–Crippen MR) is 91.0 cm³/mol. The number of phenolic OH excluding ortho intramolecular Hbond substituents is 2. The van der Waals surface area contributed by atoms with E-state index in [9.17, 15) is 19.8 Å². The molecule has 0 saturated heterocycles. The summed E-state index contributed by atoms with van der Waals surface area (Å²) < 4.78 is 5.50. The van der Waals surface area contributed by atoms with Gasteiger partial charge in [-0.3, -0.25) is 4.79 Å². The van der Waals surface area contributed by atoms with Gasteiger partial charge >= 0.3 is 5.97 Å². The number of hydrogen-bond acceptors (Lipinski definition) is 5. The third-order valence-corrected chi connectivity index (χ3v) is 4.17. The summed E-state index contributed by atoms with van der Waals surface area (Å²) in [6, 6.07) is 2.56. The molecule has 1 aromatic carbocycles. The molecular weight excluding hydrogens is 308 g/mol. The fraction of sp³-hybridized carbons (Fsp3) is 0.474. The molecule has 24 heavy (non-hydrogen) atoms. The van der Waals surface area contributed by atoms with Gasteiger partial charge in [-0.2, -0.15) is 0 Å². The fourth-order valence-electron chi connectivity index (χ4n) is 2.82. The number of Topliss-reactive ketones (excluding diaryl/α,β-unsaturated/α-hetero) is 1. The standard InChI is InChI=1S/C19H24O5/c1-2-16-10-6-9-14(20)8-5-3-4-7-13-11-15(21)12-17(22)18(13)19(23)24-16/h4,7,11-12,16,21-22H,2-3,5-6,8-10H2,1H3/b7-4+. The van der Waals surface area contributed by atoms with E-state index in [4.69, 9.17) is 4.74 Å². The lowest BCUT2D eigenvalue weighted by Crippen LogP contribution is -2.19. The molecule has 1 heterocycles. The Balaban J connectivity index is 2.33. The number of carbonyl (C=O) groups excluding carboxylic acids is 2. The van der Waals surface area contributed by atoms with E-state index in [1.807, 2.05) is 13.0 Å². The van der Waals surface area contributed by atoms with E-state index < -0.39 is 5.97 Å². The number of ketones is 1. The van der Waals surface area contributed by atoms with Gasteiger partial charge in [0.25, 0.3) is 0 Å². The van der Waals surface area contributed by atoms with Crippen LogP contribution in [0.1, 0.15) is 67.8 Å². The Kier molecular flexibility index (Phi) is 6.41. The van der Waals surface area contributed by atoms with Crippen LogP contribution in [0.2, 0.25) is 0 Å². The lowest BCUT2D eigenvalue weighted by Gasteiger charge is -2.18. The Morgan fingerprint density at radius 3 is 2.67 bits per heavy atom. The van der Waals surface area contributed by atoms with Crippen molar-refractivity contribution < 1.29 is 24.5 Å². The molecule has 1 aromatic rings. The van der Waals surface area contributed by atoms with E-state index in [0.29, 0.717) is 44.1 Å². The number of ether oxygens (including phenoxy) is 1. The average molecular weight is 332 g/mol. The first-order valence-electron chi connectivity index (χ1n) is 8.46. The molecule has 0 spiro atoms. The van der Waals surface area contributed by atoms with Gasteiger partial charge in [0.05, 0.1) is 0 Å². The summed E-state index contributed by atoms with van der Waals surface area (Å²) in [5.74, 6) is -0.788. The summed E-state index contributed by atoms with van der Waals surface area (Å²) in [6.45, 7) is 1.92. The van der Waals surface area contributed by atoms with Crippen molar-refractivity contribution in [3.05, 3.63) is 29.3 Å². The van der Waals surface area contributed by atoms with Gasteiger partial charge in [0, 0.05) is 18.9 Å². The van der Waals surface area contributed by atoms with Crippen LogP contribution in [0.3, 0.4) is 0 Å². The van der Waals surface area contributed by atoms with Crippen LogP contribution < -0.4 is 0 Å². The topological polar surface area (TPSA) is 83.8 Å². The molecule has 0 radical (unpaired) electrons. The molecule has 1 unspecified atom stereocenters. The second-order valence-corrected chi connectivity index (χ2v) is 6.09. The Morgan fingerprint density at radius 2 is 1.92 bits per heavy atom. The second kappa shape index (κ2) is 8.52. The molecular formula is C19H24O5. The van der Waals surface area contributed by atoms with Gasteiger partial charge in [0.1, 0.15) is 28.9 Å². The molecule has 1 aliphatic heterocycles. The van der Waals surface area contributed by atoms with Gasteiger partial charge in [-0.1, -0.05) is 19.1 Å². The largest absolute Gasteiger partial charge is 0.508 e. The van der Waals surface area contributed by atoms with Crippen molar-refractivity contribution in [1.29, 1.82) is 0 Å². The van der Waals surface area contributed by atoms with Gasteiger partial charge in [0.2, 0.25) is 0 Å². The van der Waals surface area contributed by atoms with Crippen LogP contribution in [0.25, 0.3) is 6.08 Å². The minimum atomic E-state index is -0.609. The minimum absolute atomic E-state index is 0.0654. The third-order valence-electron chi connectivity index (χ3n) is 4.17. The Labute approximate surface area is 142 Å². The normalized spacial score (nSPS) is 21.5. The number of allylic oxidation sites excluding steroid dienone is 1. The van der Waals surface area contributed by atoms with Crippen molar-refractivity contribution in [2.24, 2.45) is 0 Å². The molecule has 0 aromatic heterocycles. The van der Waals surface area contributed by atoms with E-state index in [0.717, 1.165) is 12.5 Å². The van der Waals surface area contributed by atoms with Gasteiger partial charge in [-0.15, -0.1) is 0 Å². The quantitative estimate of drug-likeness (QED) is 0.760. The third kappa shape index (κ3) is 4.85. The summed E-state index contributed by atoms with van der Waals surface area (Å²) >= 11 is 0. The van der Waals surface area contributed by atoms with Gasteiger partial charge in [-0.05, 0) is 43.7 Å². The first-order valence-corrected chi connectivity index (χ1v) is 8.46. The maximum Gasteiger partial charge on any atom is 0.342 e. The number of esters is 1. The van der Waals surface area contributed by atoms with Crippen molar-refractivity contribution in [2.45, 2.75) is 58.0 Å². The highest BCUT2D eigenvalue weighted by Crippen LogP contribution is 2.30. The Bertz CT molecular complexity index is 633. The van der Waals surface area contributed by atoms with Gasteiger partial charge in [0.15, 0.2) is 0 Å². The molecule has 1 atom stereocenters. The molecule has 0 bridgehead atoms. The summed E-state index contributed by atoms with van der Waals surface area (Å²) in [7, 11) is 0. The van der Waals surface area contributed by atoms with E-state index in [1.54, 1.807) is 6.08 Å². The Morgan fingerprint density at radius 1 is 1.17 bits per heavy atom. The Hall–Kier alpha value is -2.30. The summed E-state index contributed by atoms with van der Waals surface area (Å²) in [5, 5.41) is 19.7. The molecule has 0 aliphatic carbocycles. The lowest BCUT2D eigenvalue weighted by molar-refractivity contribution is -0.119. The molecule has 5 heteroatoms. The monoisotopic (exact) mass is 332 g/mol. The number of hydrogen-bond donors (Lipinski definition) is 2. The molecule has 5 nitrogen and oxygen atoms in total.